The predicted octanol–water partition coefficient (Wildman–Crippen LogP) is 4.89. The molecule has 0 amide bonds. The smallest absolute Gasteiger partial charge is 0.155 e. The van der Waals surface area contributed by atoms with Gasteiger partial charge in [-0.2, -0.15) is 0 Å². The van der Waals surface area contributed by atoms with Crippen LogP contribution in [0.25, 0.3) is 10.2 Å². The lowest BCUT2D eigenvalue weighted by atomic mass is 10.1. The highest BCUT2D eigenvalue weighted by Crippen LogP contribution is 2.34. The molecule has 0 fully saturated rings. The Balaban J connectivity index is 1.80. The molecule has 0 radical (unpaired) electrons. The number of thiazole rings is 1. The van der Waals surface area contributed by atoms with E-state index in [1.165, 1.54) is 4.70 Å². The van der Waals surface area contributed by atoms with Gasteiger partial charge in [-0.25, -0.2) is 4.98 Å². The highest BCUT2D eigenvalue weighted by Gasteiger charge is 2.07. The molecule has 0 bridgehead atoms. The number of hydrogen-bond acceptors (Lipinski definition) is 4. The van der Waals surface area contributed by atoms with E-state index >= 15 is 0 Å². The topological polar surface area (TPSA) is 33.1 Å². The van der Waals surface area contributed by atoms with E-state index in [4.69, 9.17) is 0 Å². The molecule has 0 aliphatic heterocycles. The fourth-order valence-corrected chi connectivity index (χ4v) is 4.03. The van der Waals surface area contributed by atoms with E-state index in [0.717, 1.165) is 26.7 Å². The van der Waals surface area contributed by atoms with Crippen LogP contribution in [-0.4, -0.2) is 10.1 Å². The first-order valence-electron chi connectivity index (χ1n) is 6.57. The molecule has 2 aromatic carbocycles. The zero-order chi connectivity index (χ0) is 13.9. The normalized spacial score (nSPS) is 12.7. The number of hydrogen-bond donors (Lipinski definition) is 1. The van der Waals surface area contributed by atoms with Crippen molar-refractivity contribution in [3.63, 3.8) is 0 Å². The summed E-state index contributed by atoms with van der Waals surface area (Å²) in [5.41, 5.74) is 2.03. The highest BCUT2D eigenvalue weighted by molar-refractivity contribution is 8.01. The van der Waals surface area contributed by atoms with E-state index in [1.807, 2.05) is 49.4 Å². The summed E-state index contributed by atoms with van der Waals surface area (Å²) in [5.74, 6) is 0. The molecule has 0 saturated heterocycles. The van der Waals surface area contributed by atoms with Crippen LogP contribution in [0.15, 0.2) is 57.8 Å². The van der Waals surface area contributed by atoms with Crippen LogP contribution in [0.1, 0.15) is 25.0 Å². The van der Waals surface area contributed by atoms with Gasteiger partial charge in [-0.05, 0) is 36.2 Å². The number of aliphatic hydroxyl groups excluding tert-OH is 1. The fraction of sp³-hybridized carbons (Fsp3) is 0.188. The molecule has 102 valence electrons. The van der Waals surface area contributed by atoms with Crippen LogP contribution >= 0.6 is 23.1 Å². The third-order valence-corrected chi connectivity index (χ3v) is 5.24. The summed E-state index contributed by atoms with van der Waals surface area (Å²) >= 11 is 3.38. The molecule has 0 aliphatic carbocycles. The van der Waals surface area contributed by atoms with Gasteiger partial charge in [-0.3, -0.25) is 0 Å². The van der Waals surface area contributed by atoms with Gasteiger partial charge in [0, 0.05) is 4.90 Å². The maximum absolute atomic E-state index is 9.79. The van der Waals surface area contributed by atoms with Gasteiger partial charge in [-0.15, -0.1) is 11.3 Å². The van der Waals surface area contributed by atoms with Gasteiger partial charge >= 0.3 is 0 Å². The largest absolute Gasteiger partial charge is 0.388 e. The summed E-state index contributed by atoms with van der Waals surface area (Å²) in [7, 11) is 0. The van der Waals surface area contributed by atoms with Crippen LogP contribution in [0.4, 0.5) is 0 Å². The number of benzene rings is 2. The first-order valence-corrected chi connectivity index (χ1v) is 8.21. The van der Waals surface area contributed by atoms with Gasteiger partial charge in [-0.1, -0.05) is 43.0 Å². The molecule has 0 unspecified atom stereocenters. The lowest BCUT2D eigenvalue weighted by Crippen LogP contribution is -1.93. The second-order valence-corrected chi connectivity index (χ2v) is 6.89. The van der Waals surface area contributed by atoms with Crippen molar-refractivity contribution in [1.29, 1.82) is 0 Å². The maximum atomic E-state index is 9.79. The monoisotopic (exact) mass is 301 g/mol. The van der Waals surface area contributed by atoms with E-state index in [-0.39, 0.29) is 6.10 Å². The van der Waals surface area contributed by atoms with E-state index in [2.05, 4.69) is 11.1 Å². The Hall–Kier alpha value is -1.36. The van der Waals surface area contributed by atoms with Crippen molar-refractivity contribution in [1.82, 2.24) is 4.98 Å². The second kappa shape index (κ2) is 5.95. The van der Waals surface area contributed by atoms with E-state index < -0.39 is 0 Å². The van der Waals surface area contributed by atoms with E-state index in [9.17, 15) is 5.11 Å². The minimum atomic E-state index is -0.364. The lowest BCUT2D eigenvalue weighted by molar-refractivity contribution is 0.173. The summed E-state index contributed by atoms with van der Waals surface area (Å²) in [6, 6.07) is 16.3. The van der Waals surface area contributed by atoms with Crippen molar-refractivity contribution in [2.75, 3.05) is 0 Å². The van der Waals surface area contributed by atoms with Gasteiger partial charge in [0.1, 0.15) is 0 Å². The number of para-hydroxylation sites is 1. The zero-order valence-corrected chi connectivity index (χ0v) is 12.7. The summed E-state index contributed by atoms with van der Waals surface area (Å²) in [5, 5.41) is 9.79. The van der Waals surface area contributed by atoms with Crippen molar-refractivity contribution in [3.8, 4) is 0 Å². The summed E-state index contributed by atoms with van der Waals surface area (Å²) < 4.78 is 2.27. The van der Waals surface area contributed by atoms with Crippen molar-refractivity contribution in [2.45, 2.75) is 28.7 Å². The molecule has 2 nitrogen and oxygen atoms in total. The van der Waals surface area contributed by atoms with Crippen LogP contribution < -0.4 is 0 Å². The number of nitrogens with zero attached hydrogens (tertiary/aromatic N) is 1. The molecule has 0 aliphatic rings. The first kappa shape index (κ1) is 13.6. The van der Waals surface area contributed by atoms with Crippen molar-refractivity contribution < 1.29 is 5.11 Å². The van der Waals surface area contributed by atoms with Crippen LogP contribution in [0, 0.1) is 0 Å². The van der Waals surface area contributed by atoms with Crippen LogP contribution in [0.2, 0.25) is 0 Å². The van der Waals surface area contributed by atoms with Crippen LogP contribution in [0.3, 0.4) is 0 Å². The highest BCUT2D eigenvalue weighted by atomic mass is 32.2. The molecule has 1 atom stereocenters. The Bertz CT molecular complexity index is 673. The van der Waals surface area contributed by atoms with Gasteiger partial charge in [0.25, 0.3) is 0 Å². The molecular formula is C16H15NOS2. The Kier molecular flexibility index (Phi) is 4.05. The summed E-state index contributed by atoms with van der Waals surface area (Å²) in [6.45, 7) is 1.98. The minimum absolute atomic E-state index is 0.364. The molecule has 0 saturated carbocycles. The Labute approximate surface area is 126 Å². The lowest BCUT2D eigenvalue weighted by Gasteiger charge is -2.08. The van der Waals surface area contributed by atoms with E-state index in [0.29, 0.717) is 0 Å². The van der Waals surface area contributed by atoms with Crippen LogP contribution in [-0.2, 0) is 0 Å². The second-order valence-electron chi connectivity index (χ2n) is 4.54. The number of aliphatic hydroxyl groups is 1. The summed E-state index contributed by atoms with van der Waals surface area (Å²) in [6.07, 6.45) is 0.376. The third-order valence-electron chi connectivity index (χ3n) is 3.13. The SMILES string of the molecule is CC[C@@H](O)c1ccc(Sc2nc3ccccc3s2)cc1. The van der Waals surface area contributed by atoms with Crippen molar-refractivity contribution in [3.05, 3.63) is 54.1 Å². The molecule has 0 spiro atoms. The molecule has 20 heavy (non-hydrogen) atoms. The standard InChI is InChI=1S/C16H15NOS2/c1-2-14(18)11-7-9-12(10-8-11)19-16-17-13-5-3-4-6-15(13)20-16/h3-10,14,18H,2H2,1H3/t14-/m1/s1. The fourth-order valence-electron chi connectivity index (χ4n) is 1.99. The molecule has 4 heteroatoms. The molecule has 3 aromatic rings. The quantitative estimate of drug-likeness (QED) is 0.744. The van der Waals surface area contributed by atoms with Gasteiger partial charge in [0.2, 0.25) is 0 Å². The number of aromatic nitrogens is 1. The van der Waals surface area contributed by atoms with E-state index in [1.54, 1.807) is 23.1 Å². The third kappa shape index (κ3) is 2.87. The summed E-state index contributed by atoms with van der Waals surface area (Å²) in [4.78, 5) is 5.76. The molecule has 1 heterocycles. The minimum Gasteiger partial charge on any atom is -0.388 e. The number of rotatable bonds is 4. The Morgan fingerprint density at radius 3 is 2.60 bits per heavy atom. The van der Waals surface area contributed by atoms with Crippen LogP contribution in [0.5, 0.6) is 0 Å². The number of fused-ring (bicyclic) bond motifs is 1. The Morgan fingerprint density at radius 2 is 1.90 bits per heavy atom. The molecule has 3 rings (SSSR count). The average Bonchev–Trinajstić information content (AvgIpc) is 2.89. The molecule has 1 aromatic heterocycles. The first-order chi connectivity index (χ1) is 9.76. The van der Waals surface area contributed by atoms with Crippen molar-refractivity contribution in [2.24, 2.45) is 0 Å². The molecule has 1 N–H and O–H groups in total. The maximum Gasteiger partial charge on any atom is 0.155 e. The average molecular weight is 301 g/mol. The zero-order valence-electron chi connectivity index (χ0n) is 11.1. The van der Waals surface area contributed by atoms with Gasteiger partial charge in [0.15, 0.2) is 4.34 Å². The Morgan fingerprint density at radius 1 is 1.15 bits per heavy atom. The van der Waals surface area contributed by atoms with Gasteiger partial charge < -0.3 is 5.11 Å². The predicted molar refractivity (Wildman–Crippen MR) is 85.4 cm³/mol. The van der Waals surface area contributed by atoms with Gasteiger partial charge in [0.05, 0.1) is 16.3 Å². The molecular weight excluding hydrogens is 286 g/mol. The van der Waals surface area contributed by atoms with Crippen molar-refractivity contribution >= 4 is 33.3 Å².